The SMILES string of the molecule is Cc1ccc(C(=O)C[C@@]2(O)C(=O)N(CN3CCCCCC3)c3ccccc32)cc1. The van der Waals surface area contributed by atoms with Gasteiger partial charge < -0.3 is 5.11 Å². The lowest BCUT2D eigenvalue weighted by atomic mass is 9.88. The number of hydrogen-bond donors (Lipinski definition) is 1. The number of fused-ring (bicyclic) bond motifs is 1. The van der Waals surface area contributed by atoms with Crippen molar-refractivity contribution >= 4 is 17.4 Å². The molecule has 0 saturated carbocycles. The molecule has 1 atom stereocenters. The molecule has 1 saturated heterocycles. The van der Waals surface area contributed by atoms with Gasteiger partial charge in [-0.3, -0.25) is 19.4 Å². The van der Waals surface area contributed by atoms with Crippen molar-refractivity contribution in [3.05, 3.63) is 65.2 Å². The summed E-state index contributed by atoms with van der Waals surface area (Å²) in [6, 6.07) is 14.5. The molecular formula is C24H28N2O3. The summed E-state index contributed by atoms with van der Waals surface area (Å²) in [6.45, 7) is 4.31. The fourth-order valence-corrected chi connectivity index (χ4v) is 4.37. The topological polar surface area (TPSA) is 60.9 Å². The molecule has 2 aliphatic rings. The van der Waals surface area contributed by atoms with Crippen LogP contribution in [0.5, 0.6) is 0 Å². The van der Waals surface area contributed by atoms with Gasteiger partial charge in [0, 0.05) is 11.1 Å². The van der Waals surface area contributed by atoms with Crippen LogP contribution in [0.3, 0.4) is 0 Å². The molecule has 0 radical (unpaired) electrons. The molecule has 5 nitrogen and oxygen atoms in total. The molecule has 1 fully saturated rings. The Kier molecular flexibility index (Phi) is 5.52. The Balaban J connectivity index is 1.60. The Morgan fingerprint density at radius 3 is 2.34 bits per heavy atom. The van der Waals surface area contributed by atoms with Gasteiger partial charge in [-0.15, -0.1) is 0 Å². The van der Waals surface area contributed by atoms with E-state index in [1.165, 1.54) is 12.8 Å². The number of carbonyl (C=O) groups is 2. The third kappa shape index (κ3) is 3.85. The lowest BCUT2D eigenvalue weighted by Crippen LogP contribution is -2.46. The quantitative estimate of drug-likeness (QED) is 0.790. The molecule has 0 spiro atoms. The maximum Gasteiger partial charge on any atom is 0.265 e. The van der Waals surface area contributed by atoms with Crippen molar-refractivity contribution in [2.24, 2.45) is 0 Å². The second-order valence-corrected chi connectivity index (χ2v) is 8.25. The van der Waals surface area contributed by atoms with Crippen LogP contribution >= 0.6 is 0 Å². The summed E-state index contributed by atoms with van der Waals surface area (Å²) in [7, 11) is 0. The number of para-hydroxylation sites is 1. The largest absolute Gasteiger partial charge is 0.375 e. The molecule has 0 aliphatic carbocycles. The van der Waals surface area contributed by atoms with E-state index in [0.29, 0.717) is 23.5 Å². The Hall–Kier alpha value is -2.50. The molecule has 2 aromatic carbocycles. The molecule has 0 aromatic heterocycles. The third-order valence-corrected chi connectivity index (χ3v) is 6.07. The minimum atomic E-state index is -1.82. The van der Waals surface area contributed by atoms with Crippen LogP contribution in [0, 0.1) is 6.92 Å². The van der Waals surface area contributed by atoms with E-state index in [2.05, 4.69) is 4.90 Å². The number of hydrogen-bond acceptors (Lipinski definition) is 4. The number of benzene rings is 2. The molecule has 0 bridgehead atoms. The molecule has 2 aliphatic heterocycles. The number of likely N-dealkylation sites (tertiary alicyclic amines) is 1. The summed E-state index contributed by atoms with van der Waals surface area (Å²) in [5, 5.41) is 11.4. The molecule has 0 unspecified atom stereocenters. The van der Waals surface area contributed by atoms with Crippen LogP contribution in [0.1, 0.15) is 53.6 Å². The second-order valence-electron chi connectivity index (χ2n) is 8.25. The maximum atomic E-state index is 13.4. The van der Waals surface area contributed by atoms with Crippen LogP contribution in [0.2, 0.25) is 0 Å². The zero-order valence-electron chi connectivity index (χ0n) is 16.9. The van der Waals surface area contributed by atoms with Crippen molar-refractivity contribution in [2.45, 2.75) is 44.6 Å². The van der Waals surface area contributed by atoms with E-state index in [1.807, 2.05) is 37.3 Å². The summed E-state index contributed by atoms with van der Waals surface area (Å²) < 4.78 is 0. The first-order chi connectivity index (χ1) is 14.0. The van der Waals surface area contributed by atoms with E-state index < -0.39 is 11.5 Å². The highest BCUT2D eigenvalue weighted by molar-refractivity contribution is 6.10. The van der Waals surface area contributed by atoms with Crippen molar-refractivity contribution in [3.8, 4) is 0 Å². The normalized spacial score (nSPS) is 22.4. The van der Waals surface area contributed by atoms with Crippen molar-refractivity contribution < 1.29 is 14.7 Å². The lowest BCUT2D eigenvalue weighted by Gasteiger charge is -2.28. The first kappa shape index (κ1) is 19.8. The average molecular weight is 392 g/mol. The van der Waals surface area contributed by atoms with Crippen LogP contribution in [-0.2, 0) is 10.4 Å². The third-order valence-electron chi connectivity index (χ3n) is 6.07. The van der Waals surface area contributed by atoms with Crippen LogP contribution in [0.15, 0.2) is 48.5 Å². The Bertz CT molecular complexity index is 901. The highest BCUT2D eigenvalue weighted by atomic mass is 16.3. The van der Waals surface area contributed by atoms with Gasteiger partial charge in [0.2, 0.25) is 0 Å². The van der Waals surface area contributed by atoms with Gasteiger partial charge in [0.1, 0.15) is 0 Å². The summed E-state index contributed by atoms with van der Waals surface area (Å²) in [4.78, 5) is 30.2. The number of aliphatic hydroxyl groups is 1. The molecule has 29 heavy (non-hydrogen) atoms. The summed E-state index contributed by atoms with van der Waals surface area (Å²) >= 11 is 0. The van der Waals surface area contributed by atoms with Gasteiger partial charge in [-0.1, -0.05) is 60.9 Å². The lowest BCUT2D eigenvalue weighted by molar-refractivity contribution is -0.136. The molecule has 2 aromatic rings. The van der Waals surface area contributed by atoms with Gasteiger partial charge in [0.15, 0.2) is 11.4 Å². The van der Waals surface area contributed by atoms with Crippen LogP contribution < -0.4 is 4.90 Å². The predicted molar refractivity (Wildman–Crippen MR) is 113 cm³/mol. The molecule has 152 valence electrons. The second kappa shape index (κ2) is 8.09. The highest BCUT2D eigenvalue weighted by Crippen LogP contribution is 2.43. The monoisotopic (exact) mass is 392 g/mol. The first-order valence-corrected chi connectivity index (χ1v) is 10.4. The number of aryl methyl sites for hydroxylation is 1. The minimum absolute atomic E-state index is 0.229. The number of anilines is 1. The Morgan fingerprint density at radius 1 is 1.00 bits per heavy atom. The first-order valence-electron chi connectivity index (χ1n) is 10.4. The Labute approximate surface area is 171 Å². The van der Waals surface area contributed by atoms with E-state index in [9.17, 15) is 14.7 Å². The van der Waals surface area contributed by atoms with Gasteiger partial charge >= 0.3 is 0 Å². The van der Waals surface area contributed by atoms with Gasteiger partial charge in [-0.25, -0.2) is 0 Å². The van der Waals surface area contributed by atoms with E-state index in [1.54, 1.807) is 23.1 Å². The van der Waals surface area contributed by atoms with E-state index in [-0.39, 0.29) is 12.2 Å². The maximum absolute atomic E-state index is 13.4. The van der Waals surface area contributed by atoms with Gasteiger partial charge in [-0.2, -0.15) is 0 Å². The number of rotatable bonds is 5. The van der Waals surface area contributed by atoms with Crippen LogP contribution in [-0.4, -0.2) is 41.5 Å². The summed E-state index contributed by atoms with van der Waals surface area (Å²) in [5.74, 6) is -0.629. The number of ketones is 1. The average Bonchev–Trinajstić information content (AvgIpc) is 2.91. The molecule has 1 amide bonds. The van der Waals surface area contributed by atoms with Gasteiger partial charge in [0.25, 0.3) is 5.91 Å². The molecule has 5 heteroatoms. The fraction of sp³-hybridized carbons (Fsp3) is 0.417. The number of carbonyl (C=O) groups excluding carboxylic acids is 2. The Morgan fingerprint density at radius 2 is 1.66 bits per heavy atom. The van der Waals surface area contributed by atoms with E-state index in [0.717, 1.165) is 31.5 Å². The highest BCUT2D eigenvalue weighted by Gasteiger charge is 2.51. The van der Waals surface area contributed by atoms with Crippen molar-refractivity contribution in [2.75, 3.05) is 24.7 Å². The van der Waals surface area contributed by atoms with Crippen molar-refractivity contribution in [3.63, 3.8) is 0 Å². The van der Waals surface area contributed by atoms with Crippen LogP contribution in [0.4, 0.5) is 5.69 Å². The van der Waals surface area contributed by atoms with Crippen LogP contribution in [0.25, 0.3) is 0 Å². The van der Waals surface area contributed by atoms with E-state index >= 15 is 0 Å². The minimum Gasteiger partial charge on any atom is -0.375 e. The molecule has 4 rings (SSSR count). The number of Topliss-reactive ketones (excluding diaryl/α,β-unsaturated/α-hetero) is 1. The number of amides is 1. The number of nitrogens with zero attached hydrogens (tertiary/aromatic N) is 2. The zero-order valence-corrected chi connectivity index (χ0v) is 16.9. The van der Waals surface area contributed by atoms with Crippen molar-refractivity contribution in [1.82, 2.24) is 4.90 Å². The summed E-state index contributed by atoms with van der Waals surface area (Å²) in [5.41, 5.74) is 0.998. The fourth-order valence-electron chi connectivity index (χ4n) is 4.37. The van der Waals surface area contributed by atoms with Gasteiger partial charge in [-0.05, 0) is 38.9 Å². The molecule has 2 heterocycles. The standard InChI is InChI=1S/C24H28N2O3/c1-18-10-12-19(13-11-18)22(27)16-24(29)20-8-4-5-9-21(20)26(23(24)28)17-25-14-6-2-3-7-15-25/h4-5,8-13,29H,2-3,6-7,14-17H2,1H3/t24-/m0/s1. The predicted octanol–water partition coefficient (Wildman–Crippen LogP) is 3.64. The zero-order chi connectivity index (χ0) is 20.4. The summed E-state index contributed by atoms with van der Waals surface area (Å²) in [6.07, 6.45) is 4.44. The smallest absolute Gasteiger partial charge is 0.265 e. The van der Waals surface area contributed by atoms with Crippen molar-refractivity contribution in [1.29, 1.82) is 0 Å². The van der Waals surface area contributed by atoms with Gasteiger partial charge in [0.05, 0.1) is 18.8 Å². The van der Waals surface area contributed by atoms with E-state index in [4.69, 9.17) is 0 Å². The molecule has 1 N–H and O–H groups in total. The molecular weight excluding hydrogens is 364 g/mol.